The van der Waals surface area contributed by atoms with E-state index < -0.39 is 10.0 Å². The monoisotopic (exact) mass is 393 g/mol. The minimum absolute atomic E-state index is 0.132. The molecule has 3 heterocycles. The van der Waals surface area contributed by atoms with Crippen LogP contribution >= 0.6 is 0 Å². The Bertz CT molecular complexity index is 766. The van der Waals surface area contributed by atoms with E-state index in [9.17, 15) is 8.42 Å². The van der Waals surface area contributed by atoms with Gasteiger partial charge in [0.05, 0.1) is 17.1 Å². The normalized spacial score (nSPS) is 28.0. The minimum Gasteiger partial charge on any atom is -0.373 e. The lowest BCUT2D eigenvalue weighted by atomic mass is 9.88. The van der Waals surface area contributed by atoms with E-state index in [1.54, 1.807) is 16.4 Å². The molecule has 7 heteroatoms. The summed E-state index contributed by atoms with van der Waals surface area (Å²) in [7, 11) is -1.23. The molecule has 1 aromatic rings. The summed E-state index contributed by atoms with van der Waals surface area (Å²) in [5.74, 6) is 0. The van der Waals surface area contributed by atoms with Gasteiger partial charge in [-0.05, 0) is 50.9 Å². The minimum atomic E-state index is -3.41. The maximum atomic E-state index is 13.0. The van der Waals surface area contributed by atoms with E-state index in [-0.39, 0.29) is 5.60 Å². The molecule has 1 unspecified atom stereocenters. The fourth-order valence-electron chi connectivity index (χ4n) is 4.65. The van der Waals surface area contributed by atoms with Crippen LogP contribution in [0.4, 0.5) is 0 Å². The lowest BCUT2D eigenvalue weighted by Crippen LogP contribution is -2.50. The zero-order chi connectivity index (χ0) is 19.1. The lowest BCUT2D eigenvalue weighted by molar-refractivity contribution is -0.0319. The Kier molecular flexibility index (Phi) is 5.33. The highest BCUT2D eigenvalue weighted by molar-refractivity contribution is 7.89. The first-order valence-electron chi connectivity index (χ1n) is 10.0. The fraction of sp³-hybridized carbons (Fsp3) is 0.700. The number of ether oxygens (including phenoxy) is 1. The smallest absolute Gasteiger partial charge is 0.243 e. The SMILES string of the molecule is Cc1cccc(S(=O)(=O)N2CCC3(CC2)CC(N2CCN(C)CC2)CO3)c1. The number of likely N-dealkylation sites (N-methyl/N-ethyl adjacent to an activating group) is 1. The van der Waals surface area contributed by atoms with Crippen LogP contribution in [0.1, 0.15) is 24.8 Å². The molecule has 0 aromatic heterocycles. The summed E-state index contributed by atoms with van der Waals surface area (Å²) >= 11 is 0. The molecule has 0 saturated carbocycles. The number of nitrogens with zero attached hydrogens (tertiary/aromatic N) is 3. The van der Waals surface area contributed by atoms with Crippen LogP contribution in [-0.2, 0) is 14.8 Å². The van der Waals surface area contributed by atoms with Gasteiger partial charge < -0.3 is 9.64 Å². The molecule has 27 heavy (non-hydrogen) atoms. The van der Waals surface area contributed by atoms with E-state index in [2.05, 4.69) is 16.8 Å². The van der Waals surface area contributed by atoms with Crippen molar-refractivity contribution in [3.63, 3.8) is 0 Å². The van der Waals surface area contributed by atoms with Gasteiger partial charge in [0.15, 0.2) is 0 Å². The molecule has 0 aliphatic carbocycles. The predicted octanol–water partition coefficient (Wildman–Crippen LogP) is 1.55. The third-order valence-corrected chi connectivity index (χ3v) is 8.40. The number of hydrogen-bond acceptors (Lipinski definition) is 5. The molecule has 3 saturated heterocycles. The van der Waals surface area contributed by atoms with E-state index >= 15 is 0 Å². The summed E-state index contributed by atoms with van der Waals surface area (Å²) in [5, 5.41) is 0. The van der Waals surface area contributed by atoms with Gasteiger partial charge in [-0.2, -0.15) is 4.31 Å². The van der Waals surface area contributed by atoms with E-state index in [0.29, 0.717) is 24.0 Å². The first-order valence-corrected chi connectivity index (χ1v) is 11.5. The van der Waals surface area contributed by atoms with Crippen molar-refractivity contribution in [3.8, 4) is 0 Å². The molecule has 0 N–H and O–H groups in total. The van der Waals surface area contributed by atoms with Crippen molar-refractivity contribution in [2.24, 2.45) is 0 Å². The highest BCUT2D eigenvalue weighted by Gasteiger charge is 2.46. The van der Waals surface area contributed by atoms with Gasteiger partial charge in [-0.15, -0.1) is 0 Å². The summed E-state index contributed by atoms with van der Waals surface area (Å²) < 4.78 is 33.8. The zero-order valence-electron chi connectivity index (χ0n) is 16.4. The Labute approximate surface area is 163 Å². The summed E-state index contributed by atoms with van der Waals surface area (Å²) in [6.45, 7) is 8.25. The Morgan fingerprint density at radius 2 is 1.78 bits per heavy atom. The van der Waals surface area contributed by atoms with Crippen LogP contribution in [0.5, 0.6) is 0 Å². The molecule has 1 atom stereocenters. The number of rotatable bonds is 3. The standard InChI is InChI=1S/C20H31N3O3S/c1-17-4-3-5-19(14-17)27(24,25)23-8-6-20(7-9-23)15-18(16-26-20)22-12-10-21(2)11-13-22/h3-5,14,18H,6-13,15-16H2,1-2H3. The van der Waals surface area contributed by atoms with Crippen LogP contribution in [0, 0.1) is 6.92 Å². The number of benzene rings is 1. The topological polar surface area (TPSA) is 53.1 Å². The predicted molar refractivity (Wildman–Crippen MR) is 105 cm³/mol. The van der Waals surface area contributed by atoms with Crippen molar-refractivity contribution >= 4 is 10.0 Å². The highest BCUT2D eigenvalue weighted by atomic mass is 32.2. The average molecular weight is 394 g/mol. The number of piperidine rings is 1. The van der Waals surface area contributed by atoms with Gasteiger partial charge >= 0.3 is 0 Å². The Morgan fingerprint density at radius 1 is 1.07 bits per heavy atom. The Morgan fingerprint density at radius 3 is 2.44 bits per heavy atom. The van der Waals surface area contributed by atoms with E-state index in [0.717, 1.165) is 57.6 Å². The highest BCUT2D eigenvalue weighted by Crippen LogP contribution is 2.39. The lowest BCUT2D eigenvalue weighted by Gasteiger charge is -2.39. The largest absolute Gasteiger partial charge is 0.373 e. The molecular formula is C20H31N3O3S. The molecule has 1 aromatic carbocycles. The first kappa shape index (κ1) is 19.3. The van der Waals surface area contributed by atoms with Crippen molar-refractivity contribution in [2.75, 3.05) is 52.9 Å². The molecular weight excluding hydrogens is 362 g/mol. The fourth-order valence-corrected chi connectivity index (χ4v) is 6.20. The molecule has 0 radical (unpaired) electrons. The first-order chi connectivity index (χ1) is 12.9. The maximum Gasteiger partial charge on any atom is 0.243 e. The molecule has 3 aliphatic heterocycles. The molecule has 150 valence electrons. The second kappa shape index (κ2) is 7.44. The zero-order valence-corrected chi connectivity index (χ0v) is 17.2. The van der Waals surface area contributed by atoms with Crippen molar-refractivity contribution in [1.29, 1.82) is 0 Å². The molecule has 1 spiro atoms. The van der Waals surface area contributed by atoms with Crippen LogP contribution in [0.2, 0.25) is 0 Å². The van der Waals surface area contributed by atoms with Crippen LogP contribution in [0.15, 0.2) is 29.2 Å². The molecule has 3 fully saturated rings. The summed E-state index contributed by atoms with van der Waals surface area (Å²) in [6, 6.07) is 7.68. The third-order valence-electron chi connectivity index (χ3n) is 6.50. The molecule has 6 nitrogen and oxygen atoms in total. The molecule has 3 aliphatic rings. The van der Waals surface area contributed by atoms with Gasteiger partial charge in [0.2, 0.25) is 10.0 Å². The second-order valence-corrected chi connectivity index (χ2v) is 10.3. The van der Waals surface area contributed by atoms with Gasteiger partial charge in [-0.25, -0.2) is 8.42 Å². The summed E-state index contributed by atoms with van der Waals surface area (Å²) in [6.07, 6.45) is 2.62. The van der Waals surface area contributed by atoms with Crippen molar-refractivity contribution in [1.82, 2.24) is 14.1 Å². The molecule has 0 amide bonds. The van der Waals surface area contributed by atoms with Crippen molar-refractivity contribution in [2.45, 2.75) is 42.7 Å². The van der Waals surface area contributed by atoms with Crippen LogP contribution < -0.4 is 0 Å². The number of aryl methyl sites for hydroxylation is 1. The second-order valence-electron chi connectivity index (χ2n) is 8.41. The average Bonchev–Trinajstić information content (AvgIpc) is 3.06. The third kappa shape index (κ3) is 3.93. The van der Waals surface area contributed by atoms with Crippen LogP contribution in [0.25, 0.3) is 0 Å². The van der Waals surface area contributed by atoms with E-state index in [4.69, 9.17) is 4.74 Å². The van der Waals surface area contributed by atoms with E-state index in [1.165, 1.54) is 0 Å². The van der Waals surface area contributed by atoms with Gasteiger partial charge in [-0.3, -0.25) is 4.90 Å². The Balaban J connectivity index is 1.38. The van der Waals surface area contributed by atoms with Crippen LogP contribution in [0.3, 0.4) is 0 Å². The number of piperazine rings is 1. The van der Waals surface area contributed by atoms with E-state index in [1.807, 2.05) is 19.1 Å². The van der Waals surface area contributed by atoms with Gasteiger partial charge in [0, 0.05) is 45.3 Å². The van der Waals surface area contributed by atoms with Gasteiger partial charge in [0.1, 0.15) is 0 Å². The number of sulfonamides is 1. The molecule has 4 rings (SSSR count). The van der Waals surface area contributed by atoms with Crippen molar-refractivity contribution in [3.05, 3.63) is 29.8 Å². The summed E-state index contributed by atoms with van der Waals surface area (Å²) in [4.78, 5) is 5.34. The molecule has 0 bridgehead atoms. The van der Waals surface area contributed by atoms with Gasteiger partial charge in [-0.1, -0.05) is 12.1 Å². The van der Waals surface area contributed by atoms with Gasteiger partial charge in [0.25, 0.3) is 0 Å². The number of hydrogen-bond donors (Lipinski definition) is 0. The Hall–Kier alpha value is -0.990. The summed E-state index contributed by atoms with van der Waals surface area (Å²) in [5.41, 5.74) is 0.839. The van der Waals surface area contributed by atoms with Crippen LogP contribution in [-0.4, -0.2) is 87.1 Å². The van der Waals surface area contributed by atoms with Crippen molar-refractivity contribution < 1.29 is 13.2 Å². The quantitative estimate of drug-likeness (QED) is 0.780. The maximum absolute atomic E-state index is 13.0.